The third-order valence-electron chi connectivity index (χ3n) is 2.62. The van der Waals surface area contributed by atoms with Gasteiger partial charge in [0.15, 0.2) is 5.69 Å². The van der Waals surface area contributed by atoms with Crippen molar-refractivity contribution in [2.45, 2.75) is 19.4 Å². The molecule has 1 unspecified atom stereocenters. The van der Waals surface area contributed by atoms with Gasteiger partial charge in [0.25, 0.3) is 0 Å². The Morgan fingerprint density at radius 1 is 1.61 bits per heavy atom. The van der Waals surface area contributed by atoms with E-state index in [4.69, 9.17) is 16.2 Å². The normalized spacial score (nSPS) is 12.6. The number of hydrogen-bond acceptors (Lipinski definition) is 5. The van der Waals surface area contributed by atoms with Crippen molar-refractivity contribution in [1.29, 1.82) is 0 Å². The van der Waals surface area contributed by atoms with E-state index in [-0.39, 0.29) is 11.7 Å². The lowest BCUT2D eigenvalue weighted by Crippen LogP contribution is -2.19. The number of carbonyl (C=O) groups excluding carboxylic acids is 1. The highest BCUT2D eigenvalue weighted by atomic mass is 16.5. The van der Waals surface area contributed by atoms with Gasteiger partial charge in [-0.25, -0.2) is 9.78 Å². The van der Waals surface area contributed by atoms with Crippen LogP contribution in [0.5, 0.6) is 0 Å². The molecule has 0 saturated heterocycles. The Bertz CT molecular complexity index is 589. The van der Waals surface area contributed by atoms with Gasteiger partial charge in [-0.2, -0.15) is 0 Å². The van der Waals surface area contributed by atoms with Crippen LogP contribution >= 0.6 is 0 Å². The van der Waals surface area contributed by atoms with E-state index in [9.17, 15) is 4.79 Å². The van der Waals surface area contributed by atoms with Gasteiger partial charge < -0.3 is 20.6 Å². The minimum absolute atomic E-state index is 0.0429. The Balaban J connectivity index is 2.63. The fraction of sp³-hybridized carbons (Fsp3) is 0.333. The molecule has 2 rings (SSSR count). The van der Waals surface area contributed by atoms with E-state index in [2.05, 4.69) is 4.98 Å². The number of esters is 1. The maximum Gasteiger partial charge on any atom is 0.358 e. The highest BCUT2D eigenvalue weighted by Crippen LogP contribution is 2.18. The summed E-state index contributed by atoms with van der Waals surface area (Å²) >= 11 is 0. The number of ether oxygens (including phenoxy) is 1. The number of methoxy groups -OCH3 is 1. The summed E-state index contributed by atoms with van der Waals surface area (Å²) in [6, 6.07) is 3.41. The fourth-order valence-corrected chi connectivity index (χ4v) is 1.84. The first kappa shape index (κ1) is 12.4. The van der Waals surface area contributed by atoms with E-state index >= 15 is 0 Å². The van der Waals surface area contributed by atoms with Crippen molar-refractivity contribution in [2.24, 2.45) is 5.73 Å². The smallest absolute Gasteiger partial charge is 0.358 e. The van der Waals surface area contributed by atoms with Crippen LogP contribution in [0.4, 0.5) is 5.69 Å². The molecule has 0 aliphatic carbocycles. The third-order valence-corrected chi connectivity index (χ3v) is 2.62. The number of carbonyl (C=O) groups is 1. The zero-order valence-electron chi connectivity index (χ0n) is 10.4. The van der Waals surface area contributed by atoms with Gasteiger partial charge in [-0.15, -0.1) is 0 Å². The molecular weight excluding hydrogens is 232 g/mol. The van der Waals surface area contributed by atoms with Crippen LogP contribution in [0.25, 0.3) is 5.52 Å². The summed E-state index contributed by atoms with van der Waals surface area (Å²) in [5.41, 5.74) is 13.0. The monoisotopic (exact) mass is 248 g/mol. The van der Waals surface area contributed by atoms with Crippen molar-refractivity contribution in [3.8, 4) is 0 Å². The van der Waals surface area contributed by atoms with Gasteiger partial charge in [0.05, 0.1) is 12.6 Å². The molecule has 6 nitrogen and oxygen atoms in total. The summed E-state index contributed by atoms with van der Waals surface area (Å²) in [5, 5.41) is 0. The van der Waals surface area contributed by atoms with E-state index in [0.29, 0.717) is 17.6 Å². The number of nitrogen functional groups attached to an aromatic ring is 1. The minimum atomic E-state index is -0.478. The molecule has 0 radical (unpaired) electrons. The summed E-state index contributed by atoms with van der Waals surface area (Å²) in [4.78, 5) is 16.0. The summed E-state index contributed by atoms with van der Waals surface area (Å²) in [6.07, 6.45) is 2.35. The molecule has 2 aromatic heterocycles. The summed E-state index contributed by atoms with van der Waals surface area (Å²) < 4.78 is 6.53. The molecular formula is C12H16N4O2. The number of nitrogens with zero attached hydrogens (tertiary/aromatic N) is 2. The Morgan fingerprint density at radius 3 is 2.94 bits per heavy atom. The van der Waals surface area contributed by atoms with Crippen molar-refractivity contribution < 1.29 is 9.53 Å². The molecule has 0 fully saturated rings. The van der Waals surface area contributed by atoms with E-state index < -0.39 is 5.97 Å². The maximum absolute atomic E-state index is 11.7. The predicted octanol–water partition coefficient (Wildman–Crippen LogP) is 0.593. The molecule has 18 heavy (non-hydrogen) atoms. The molecule has 96 valence electrons. The highest BCUT2D eigenvalue weighted by molar-refractivity contribution is 5.95. The van der Waals surface area contributed by atoms with E-state index in [1.807, 2.05) is 11.3 Å². The number of pyridine rings is 1. The average molecular weight is 248 g/mol. The number of hydrogen-bond donors (Lipinski definition) is 2. The van der Waals surface area contributed by atoms with Gasteiger partial charge in [-0.05, 0) is 19.1 Å². The van der Waals surface area contributed by atoms with Crippen molar-refractivity contribution in [3.63, 3.8) is 0 Å². The van der Waals surface area contributed by atoms with E-state index in [1.165, 1.54) is 7.11 Å². The molecule has 0 aliphatic heterocycles. The summed E-state index contributed by atoms with van der Waals surface area (Å²) in [7, 11) is 1.32. The van der Waals surface area contributed by atoms with Crippen LogP contribution in [0.15, 0.2) is 18.3 Å². The van der Waals surface area contributed by atoms with Crippen LogP contribution < -0.4 is 11.5 Å². The molecule has 2 aromatic rings. The maximum atomic E-state index is 11.7. The Kier molecular flexibility index (Phi) is 3.20. The van der Waals surface area contributed by atoms with Crippen molar-refractivity contribution in [3.05, 3.63) is 29.8 Å². The average Bonchev–Trinajstić information content (AvgIpc) is 2.65. The quantitative estimate of drug-likeness (QED) is 0.775. The van der Waals surface area contributed by atoms with Crippen LogP contribution in [0.2, 0.25) is 0 Å². The zero-order valence-corrected chi connectivity index (χ0v) is 10.4. The number of imidazole rings is 1. The van der Waals surface area contributed by atoms with Crippen LogP contribution in [0, 0.1) is 0 Å². The molecule has 1 atom stereocenters. The van der Waals surface area contributed by atoms with E-state index in [0.717, 1.165) is 5.82 Å². The number of fused-ring (bicyclic) bond motifs is 1. The molecule has 2 heterocycles. The van der Waals surface area contributed by atoms with E-state index in [1.54, 1.807) is 18.3 Å². The molecule has 0 aromatic carbocycles. The lowest BCUT2D eigenvalue weighted by molar-refractivity contribution is 0.0597. The fourth-order valence-electron chi connectivity index (χ4n) is 1.84. The first-order valence-electron chi connectivity index (χ1n) is 5.63. The molecule has 0 amide bonds. The SMILES string of the molecule is COC(=O)c1nc(CC(C)N)n2ccc(N)cc12. The van der Waals surface area contributed by atoms with Crippen molar-refractivity contribution in [2.75, 3.05) is 12.8 Å². The van der Waals surface area contributed by atoms with Crippen molar-refractivity contribution in [1.82, 2.24) is 9.38 Å². The van der Waals surface area contributed by atoms with Gasteiger partial charge in [0.2, 0.25) is 0 Å². The molecule has 0 saturated carbocycles. The van der Waals surface area contributed by atoms with Gasteiger partial charge in [-0.3, -0.25) is 0 Å². The Labute approximate surface area is 105 Å². The topological polar surface area (TPSA) is 95.6 Å². The zero-order chi connectivity index (χ0) is 13.3. The molecule has 4 N–H and O–H groups in total. The van der Waals surface area contributed by atoms with Crippen LogP contribution in [0.1, 0.15) is 23.2 Å². The minimum Gasteiger partial charge on any atom is -0.464 e. The van der Waals surface area contributed by atoms with Crippen molar-refractivity contribution >= 4 is 17.2 Å². The molecule has 0 spiro atoms. The lowest BCUT2D eigenvalue weighted by atomic mass is 10.2. The van der Waals surface area contributed by atoms with Gasteiger partial charge in [0, 0.05) is 24.3 Å². The van der Waals surface area contributed by atoms with Gasteiger partial charge >= 0.3 is 5.97 Å². The molecule has 6 heteroatoms. The molecule has 0 bridgehead atoms. The highest BCUT2D eigenvalue weighted by Gasteiger charge is 2.18. The Morgan fingerprint density at radius 2 is 2.33 bits per heavy atom. The second-order valence-electron chi connectivity index (χ2n) is 4.26. The van der Waals surface area contributed by atoms with Gasteiger partial charge in [-0.1, -0.05) is 0 Å². The lowest BCUT2D eigenvalue weighted by Gasteiger charge is -2.04. The number of rotatable bonds is 3. The second kappa shape index (κ2) is 4.66. The first-order chi connectivity index (χ1) is 8.52. The number of anilines is 1. The van der Waals surface area contributed by atoms with Crippen LogP contribution in [0.3, 0.4) is 0 Å². The van der Waals surface area contributed by atoms with Gasteiger partial charge in [0.1, 0.15) is 5.82 Å². The molecule has 0 aliphatic rings. The third kappa shape index (κ3) is 2.14. The first-order valence-corrected chi connectivity index (χ1v) is 5.63. The largest absolute Gasteiger partial charge is 0.464 e. The number of aromatic nitrogens is 2. The van der Waals surface area contributed by atoms with Crippen LogP contribution in [-0.4, -0.2) is 28.5 Å². The Hall–Kier alpha value is -2.08. The second-order valence-corrected chi connectivity index (χ2v) is 4.26. The summed E-state index contributed by atoms with van der Waals surface area (Å²) in [5.74, 6) is 0.245. The summed E-state index contributed by atoms with van der Waals surface area (Å²) in [6.45, 7) is 1.89. The standard InChI is InChI=1S/C12H16N4O2/c1-7(13)5-10-15-11(12(17)18-2)9-6-8(14)3-4-16(9)10/h3-4,6-7H,5,13-14H2,1-2H3. The van der Waals surface area contributed by atoms with Crippen LogP contribution in [-0.2, 0) is 11.2 Å². The number of nitrogens with two attached hydrogens (primary N) is 2. The predicted molar refractivity (Wildman–Crippen MR) is 68.3 cm³/mol.